The molecule has 2 atom stereocenters. The molecule has 0 bridgehead atoms. The van der Waals surface area contributed by atoms with Crippen LogP contribution in [0.3, 0.4) is 0 Å². The van der Waals surface area contributed by atoms with E-state index in [0.717, 1.165) is 17.7 Å². The van der Waals surface area contributed by atoms with Gasteiger partial charge >= 0.3 is 5.97 Å². The van der Waals surface area contributed by atoms with Gasteiger partial charge in [-0.15, -0.1) is 0 Å². The SMILES string of the molecule is CCc1nn(C)cc1CNC(=O)C1CC=CCC1C(=O)O. The van der Waals surface area contributed by atoms with Crippen molar-refractivity contribution in [1.82, 2.24) is 15.1 Å². The van der Waals surface area contributed by atoms with Crippen LogP contribution < -0.4 is 5.32 Å². The maximum absolute atomic E-state index is 12.3. The van der Waals surface area contributed by atoms with Crippen LogP contribution in [0.2, 0.25) is 0 Å². The van der Waals surface area contributed by atoms with E-state index < -0.39 is 17.8 Å². The Morgan fingerprint density at radius 2 is 2.05 bits per heavy atom. The first-order valence-electron chi connectivity index (χ1n) is 7.19. The maximum atomic E-state index is 12.3. The lowest BCUT2D eigenvalue weighted by Gasteiger charge is -2.24. The van der Waals surface area contributed by atoms with Crippen molar-refractivity contribution in [2.45, 2.75) is 32.7 Å². The van der Waals surface area contributed by atoms with Crippen molar-refractivity contribution in [3.05, 3.63) is 29.6 Å². The van der Waals surface area contributed by atoms with Gasteiger partial charge in [0.2, 0.25) is 5.91 Å². The Morgan fingerprint density at radius 3 is 2.67 bits per heavy atom. The molecular formula is C15H21N3O3. The topological polar surface area (TPSA) is 84.2 Å². The molecule has 114 valence electrons. The van der Waals surface area contributed by atoms with Crippen molar-refractivity contribution in [3.8, 4) is 0 Å². The number of nitrogens with zero attached hydrogens (tertiary/aromatic N) is 2. The molecule has 0 aliphatic heterocycles. The highest BCUT2D eigenvalue weighted by Crippen LogP contribution is 2.26. The zero-order valence-electron chi connectivity index (χ0n) is 12.4. The maximum Gasteiger partial charge on any atom is 0.307 e. The van der Waals surface area contributed by atoms with Crippen LogP contribution in [0.4, 0.5) is 0 Å². The molecule has 1 aromatic rings. The molecule has 1 aliphatic rings. The van der Waals surface area contributed by atoms with Gasteiger partial charge in [-0.1, -0.05) is 19.1 Å². The lowest BCUT2D eigenvalue weighted by Crippen LogP contribution is -2.38. The Kier molecular flexibility index (Phi) is 4.77. The number of aryl methyl sites for hydroxylation is 2. The van der Waals surface area contributed by atoms with Gasteiger partial charge in [0.1, 0.15) is 0 Å². The van der Waals surface area contributed by atoms with Crippen molar-refractivity contribution in [3.63, 3.8) is 0 Å². The molecule has 1 aromatic heterocycles. The van der Waals surface area contributed by atoms with Gasteiger partial charge in [0.15, 0.2) is 0 Å². The molecule has 0 radical (unpaired) electrons. The number of hydrogen-bond donors (Lipinski definition) is 2. The van der Waals surface area contributed by atoms with Crippen molar-refractivity contribution in [2.75, 3.05) is 0 Å². The van der Waals surface area contributed by atoms with Crippen LogP contribution in [-0.4, -0.2) is 26.8 Å². The minimum absolute atomic E-state index is 0.197. The van der Waals surface area contributed by atoms with Crippen LogP contribution in [0.25, 0.3) is 0 Å². The summed E-state index contributed by atoms with van der Waals surface area (Å²) in [7, 11) is 1.84. The molecular weight excluding hydrogens is 270 g/mol. The zero-order valence-corrected chi connectivity index (χ0v) is 12.4. The quantitative estimate of drug-likeness (QED) is 0.800. The standard InChI is InChI=1S/C15H21N3O3/c1-3-13-10(9-18(2)17-13)8-16-14(19)11-6-4-5-7-12(11)15(20)21/h4-5,9,11-12H,3,6-8H2,1-2H3,(H,16,19)(H,20,21). The Labute approximate surface area is 123 Å². The van der Waals surface area contributed by atoms with Crippen molar-refractivity contribution in [2.24, 2.45) is 18.9 Å². The van der Waals surface area contributed by atoms with Gasteiger partial charge < -0.3 is 10.4 Å². The molecule has 0 aromatic carbocycles. The molecule has 1 heterocycles. The summed E-state index contributed by atoms with van der Waals surface area (Å²) in [6, 6.07) is 0. The Balaban J connectivity index is 2.00. The average Bonchev–Trinajstić information content (AvgIpc) is 2.84. The van der Waals surface area contributed by atoms with Crippen LogP contribution >= 0.6 is 0 Å². The highest BCUT2D eigenvalue weighted by atomic mass is 16.4. The second kappa shape index (κ2) is 6.56. The number of nitrogens with one attached hydrogen (secondary N) is 1. The monoisotopic (exact) mass is 291 g/mol. The molecule has 0 fully saturated rings. The summed E-state index contributed by atoms with van der Waals surface area (Å²) in [6.45, 7) is 2.41. The normalized spacial score (nSPS) is 21.2. The summed E-state index contributed by atoms with van der Waals surface area (Å²) in [5, 5.41) is 16.4. The van der Waals surface area contributed by atoms with E-state index >= 15 is 0 Å². The Bertz CT molecular complexity index is 563. The molecule has 6 nitrogen and oxygen atoms in total. The van der Waals surface area contributed by atoms with Gasteiger partial charge in [-0.05, 0) is 19.3 Å². The predicted octanol–water partition coefficient (Wildman–Crippen LogP) is 1.27. The molecule has 2 rings (SSSR count). The second-order valence-electron chi connectivity index (χ2n) is 5.34. The van der Waals surface area contributed by atoms with Gasteiger partial charge in [-0.2, -0.15) is 5.10 Å². The van der Waals surface area contributed by atoms with Gasteiger partial charge in [-0.25, -0.2) is 0 Å². The molecule has 2 unspecified atom stereocenters. The summed E-state index contributed by atoms with van der Waals surface area (Å²) in [6.07, 6.45) is 7.30. The number of carbonyl (C=O) groups is 2. The fraction of sp³-hybridized carbons (Fsp3) is 0.533. The molecule has 2 N–H and O–H groups in total. The van der Waals surface area contributed by atoms with E-state index in [4.69, 9.17) is 0 Å². The Hall–Kier alpha value is -2.11. The van der Waals surface area contributed by atoms with E-state index in [1.807, 2.05) is 32.3 Å². The highest BCUT2D eigenvalue weighted by Gasteiger charge is 2.33. The largest absolute Gasteiger partial charge is 0.481 e. The number of aromatic nitrogens is 2. The minimum Gasteiger partial charge on any atom is -0.481 e. The third kappa shape index (κ3) is 3.51. The van der Waals surface area contributed by atoms with Crippen LogP contribution in [0.15, 0.2) is 18.3 Å². The number of rotatable bonds is 5. The minimum atomic E-state index is -0.907. The van der Waals surface area contributed by atoms with E-state index in [1.54, 1.807) is 4.68 Å². The van der Waals surface area contributed by atoms with Crippen LogP contribution in [0.1, 0.15) is 31.0 Å². The first kappa shape index (κ1) is 15.3. The first-order chi connectivity index (χ1) is 10.0. The molecule has 1 amide bonds. The number of amides is 1. The number of hydrogen-bond acceptors (Lipinski definition) is 3. The summed E-state index contributed by atoms with van der Waals surface area (Å²) in [5.41, 5.74) is 1.93. The average molecular weight is 291 g/mol. The molecule has 0 saturated carbocycles. The van der Waals surface area contributed by atoms with Gasteiger partial charge in [0.05, 0.1) is 17.5 Å². The Morgan fingerprint density at radius 1 is 1.38 bits per heavy atom. The van der Waals surface area contributed by atoms with E-state index in [1.165, 1.54) is 0 Å². The lowest BCUT2D eigenvalue weighted by molar-refractivity contribution is -0.147. The van der Waals surface area contributed by atoms with Crippen LogP contribution in [0, 0.1) is 11.8 Å². The van der Waals surface area contributed by atoms with Crippen LogP contribution in [-0.2, 0) is 29.6 Å². The zero-order chi connectivity index (χ0) is 15.4. The third-order valence-corrected chi connectivity index (χ3v) is 3.87. The summed E-state index contributed by atoms with van der Waals surface area (Å²) >= 11 is 0. The third-order valence-electron chi connectivity index (χ3n) is 3.87. The van der Waals surface area contributed by atoms with Crippen LogP contribution in [0.5, 0.6) is 0 Å². The lowest BCUT2D eigenvalue weighted by atomic mass is 9.82. The van der Waals surface area contributed by atoms with Crippen molar-refractivity contribution >= 4 is 11.9 Å². The fourth-order valence-corrected chi connectivity index (χ4v) is 2.72. The van der Waals surface area contributed by atoms with Gasteiger partial charge in [0.25, 0.3) is 0 Å². The molecule has 0 spiro atoms. The smallest absolute Gasteiger partial charge is 0.307 e. The first-order valence-corrected chi connectivity index (χ1v) is 7.19. The van der Waals surface area contributed by atoms with Gasteiger partial charge in [0, 0.05) is 25.4 Å². The van der Waals surface area contributed by atoms with Crippen molar-refractivity contribution in [1.29, 1.82) is 0 Å². The molecule has 0 saturated heterocycles. The van der Waals surface area contributed by atoms with Crippen molar-refractivity contribution < 1.29 is 14.7 Å². The van der Waals surface area contributed by atoms with E-state index in [2.05, 4.69) is 10.4 Å². The molecule has 6 heteroatoms. The summed E-state index contributed by atoms with van der Waals surface area (Å²) < 4.78 is 1.73. The second-order valence-corrected chi connectivity index (χ2v) is 5.34. The number of allylic oxidation sites excluding steroid dienone is 2. The number of aliphatic carboxylic acids is 1. The summed E-state index contributed by atoms with van der Waals surface area (Å²) in [4.78, 5) is 23.5. The number of carbonyl (C=O) groups excluding carboxylic acids is 1. The van der Waals surface area contributed by atoms with E-state index in [0.29, 0.717) is 19.4 Å². The predicted molar refractivity (Wildman–Crippen MR) is 77.4 cm³/mol. The number of carboxylic acid groups (broad SMARTS) is 1. The van der Waals surface area contributed by atoms with E-state index in [-0.39, 0.29) is 5.91 Å². The molecule has 21 heavy (non-hydrogen) atoms. The molecule has 1 aliphatic carbocycles. The van der Waals surface area contributed by atoms with Gasteiger partial charge in [-0.3, -0.25) is 14.3 Å². The fourth-order valence-electron chi connectivity index (χ4n) is 2.72. The highest BCUT2D eigenvalue weighted by molar-refractivity contribution is 5.85. The van der Waals surface area contributed by atoms with E-state index in [9.17, 15) is 14.7 Å². The number of carboxylic acids is 1. The summed E-state index contributed by atoms with van der Waals surface area (Å²) in [5.74, 6) is -2.23.